The Balaban J connectivity index is 2.42. The first-order chi connectivity index (χ1) is 9.73. The Labute approximate surface area is 127 Å². The van der Waals surface area contributed by atoms with Gasteiger partial charge in [-0.3, -0.25) is 4.79 Å². The summed E-state index contributed by atoms with van der Waals surface area (Å²) >= 11 is 5.86. The van der Waals surface area contributed by atoms with Crippen molar-refractivity contribution in [3.63, 3.8) is 0 Å². The van der Waals surface area contributed by atoms with Crippen LogP contribution in [0.25, 0.3) is 0 Å². The predicted molar refractivity (Wildman–Crippen MR) is 75.1 cm³/mol. The van der Waals surface area contributed by atoms with Gasteiger partial charge in [-0.15, -0.1) is 0 Å². The number of piperidine rings is 1. The van der Waals surface area contributed by atoms with E-state index in [2.05, 4.69) is 0 Å². The van der Waals surface area contributed by atoms with Crippen molar-refractivity contribution >= 4 is 27.6 Å². The molecule has 0 radical (unpaired) electrons. The SMILES string of the molecule is CC1CCC(C(=O)O)CN1S(=O)(=O)c1cc(F)ccc1Cl. The summed E-state index contributed by atoms with van der Waals surface area (Å²) < 4.78 is 39.6. The number of sulfonamides is 1. The number of carbonyl (C=O) groups is 1. The Morgan fingerprint density at radius 2 is 2.10 bits per heavy atom. The number of hydrogen-bond acceptors (Lipinski definition) is 3. The summed E-state index contributed by atoms with van der Waals surface area (Å²) in [5.74, 6) is -2.51. The maximum Gasteiger partial charge on any atom is 0.307 e. The minimum Gasteiger partial charge on any atom is -0.481 e. The van der Waals surface area contributed by atoms with Crippen LogP contribution in [0, 0.1) is 11.7 Å². The molecule has 1 N–H and O–H groups in total. The van der Waals surface area contributed by atoms with Gasteiger partial charge in [-0.1, -0.05) is 11.6 Å². The van der Waals surface area contributed by atoms with E-state index in [0.717, 1.165) is 16.4 Å². The van der Waals surface area contributed by atoms with E-state index in [9.17, 15) is 17.6 Å². The molecule has 1 fully saturated rings. The van der Waals surface area contributed by atoms with E-state index in [1.807, 2.05) is 0 Å². The molecule has 5 nitrogen and oxygen atoms in total. The predicted octanol–water partition coefficient (Wildman–Crippen LogP) is 2.35. The second-order valence-electron chi connectivity index (χ2n) is 5.11. The monoisotopic (exact) mass is 335 g/mol. The van der Waals surface area contributed by atoms with Gasteiger partial charge in [0.15, 0.2) is 0 Å². The van der Waals surface area contributed by atoms with Crippen LogP contribution >= 0.6 is 11.6 Å². The summed E-state index contributed by atoms with van der Waals surface area (Å²) in [5.41, 5.74) is 0. The molecule has 1 heterocycles. The number of rotatable bonds is 3. The van der Waals surface area contributed by atoms with Gasteiger partial charge in [0.1, 0.15) is 10.7 Å². The lowest BCUT2D eigenvalue weighted by Gasteiger charge is -2.35. The zero-order valence-electron chi connectivity index (χ0n) is 11.3. The molecule has 2 unspecified atom stereocenters. The molecule has 1 aliphatic rings. The third-order valence-corrected chi connectivity index (χ3v) is 6.12. The summed E-state index contributed by atoms with van der Waals surface area (Å²) in [6, 6.07) is 2.74. The van der Waals surface area contributed by atoms with Gasteiger partial charge >= 0.3 is 5.97 Å². The van der Waals surface area contributed by atoms with Crippen molar-refractivity contribution in [2.45, 2.75) is 30.7 Å². The normalized spacial score (nSPS) is 24.0. The van der Waals surface area contributed by atoms with Gasteiger partial charge < -0.3 is 5.11 Å². The number of hydrogen-bond donors (Lipinski definition) is 1. The van der Waals surface area contributed by atoms with E-state index in [0.29, 0.717) is 12.8 Å². The minimum atomic E-state index is -4.03. The van der Waals surface area contributed by atoms with Gasteiger partial charge in [-0.05, 0) is 38.0 Å². The van der Waals surface area contributed by atoms with Gasteiger partial charge in [0.25, 0.3) is 0 Å². The second-order valence-corrected chi connectivity index (χ2v) is 7.38. The molecular weight excluding hydrogens is 321 g/mol. The number of nitrogens with zero attached hydrogens (tertiary/aromatic N) is 1. The van der Waals surface area contributed by atoms with E-state index >= 15 is 0 Å². The van der Waals surface area contributed by atoms with Gasteiger partial charge in [0.2, 0.25) is 10.0 Å². The van der Waals surface area contributed by atoms with Crippen molar-refractivity contribution < 1.29 is 22.7 Å². The third-order valence-electron chi connectivity index (χ3n) is 3.65. The molecule has 2 rings (SSSR count). The Morgan fingerprint density at radius 1 is 1.43 bits per heavy atom. The summed E-state index contributed by atoms with van der Waals surface area (Å²) in [4.78, 5) is 10.8. The lowest BCUT2D eigenvalue weighted by atomic mass is 9.96. The Morgan fingerprint density at radius 3 is 2.71 bits per heavy atom. The Bertz CT molecular complexity index is 664. The maximum absolute atomic E-state index is 13.3. The topological polar surface area (TPSA) is 74.7 Å². The molecule has 21 heavy (non-hydrogen) atoms. The molecular formula is C13H15ClFNO4S. The fraction of sp³-hybridized carbons (Fsp3) is 0.462. The van der Waals surface area contributed by atoms with Gasteiger partial charge in [-0.25, -0.2) is 12.8 Å². The highest BCUT2D eigenvalue weighted by Crippen LogP contribution is 2.31. The van der Waals surface area contributed by atoms with Crippen LogP contribution in [0.3, 0.4) is 0 Å². The molecule has 0 aliphatic carbocycles. The average Bonchev–Trinajstić information content (AvgIpc) is 2.41. The highest BCUT2D eigenvalue weighted by Gasteiger charge is 2.38. The molecule has 1 saturated heterocycles. The van der Waals surface area contributed by atoms with Crippen molar-refractivity contribution in [3.05, 3.63) is 29.0 Å². The zero-order chi connectivity index (χ0) is 15.8. The lowest BCUT2D eigenvalue weighted by Crippen LogP contribution is -2.47. The van der Waals surface area contributed by atoms with E-state index in [4.69, 9.17) is 16.7 Å². The van der Waals surface area contributed by atoms with Crippen LogP contribution in [0.4, 0.5) is 4.39 Å². The molecule has 1 aliphatic heterocycles. The van der Waals surface area contributed by atoms with Crippen molar-refractivity contribution in [1.29, 1.82) is 0 Å². The quantitative estimate of drug-likeness (QED) is 0.920. The van der Waals surface area contributed by atoms with Crippen molar-refractivity contribution in [1.82, 2.24) is 4.31 Å². The van der Waals surface area contributed by atoms with Crippen LogP contribution in [-0.4, -0.2) is 36.4 Å². The summed E-state index contributed by atoms with van der Waals surface area (Å²) in [6.07, 6.45) is 0.850. The minimum absolute atomic E-state index is 0.0824. The average molecular weight is 336 g/mol. The largest absolute Gasteiger partial charge is 0.481 e. The van der Waals surface area contributed by atoms with Gasteiger partial charge in [0, 0.05) is 12.6 Å². The van der Waals surface area contributed by atoms with E-state index < -0.39 is 27.7 Å². The van der Waals surface area contributed by atoms with Crippen molar-refractivity contribution in [3.8, 4) is 0 Å². The van der Waals surface area contributed by atoms with E-state index in [1.165, 1.54) is 6.07 Å². The number of aliphatic carboxylic acids is 1. The van der Waals surface area contributed by atoms with Gasteiger partial charge in [0.05, 0.1) is 10.9 Å². The van der Waals surface area contributed by atoms with Crippen LogP contribution < -0.4 is 0 Å². The van der Waals surface area contributed by atoms with Crippen LogP contribution in [0.2, 0.25) is 5.02 Å². The van der Waals surface area contributed by atoms with E-state index in [-0.39, 0.29) is 22.5 Å². The van der Waals surface area contributed by atoms with Crippen LogP contribution in [-0.2, 0) is 14.8 Å². The lowest BCUT2D eigenvalue weighted by molar-refractivity contribution is -0.143. The smallest absolute Gasteiger partial charge is 0.307 e. The molecule has 1 aromatic rings. The molecule has 8 heteroatoms. The molecule has 0 saturated carbocycles. The van der Waals surface area contributed by atoms with Crippen LogP contribution in [0.5, 0.6) is 0 Å². The molecule has 0 aromatic heterocycles. The molecule has 1 aromatic carbocycles. The first-order valence-corrected chi connectivity index (χ1v) is 8.25. The van der Waals surface area contributed by atoms with Crippen LogP contribution in [0.15, 0.2) is 23.1 Å². The second kappa shape index (κ2) is 5.90. The fourth-order valence-corrected chi connectivity index (χ4v) is 4.61. The van der Waals surface area contributed by atoms with Crippen LogP contribution in [0.1, 0.15) is 19.8 Å². The highest BCUT2D eigenvalue weighted by atomic mass is 35.5. The molecule has 116 valence electrons. The number of halogens is 2. The number of carboxylic acid groups (broad SMARTS) is 1. The zero-order valence-corrected chi connectivity index (χ0v) is 12.9. The fourth-order valence-electron chi connectivity index (χ4n) is 2.41. The molecule has 0 amide bonds. The van der Waals surface area contributed by atoms with Crippen molar-refractivity contribution in [2.75, 3.05) is 6.54 Å². The summed E-state index contributed by atoms with van der Waals surface area (Å²) in [7, 11) is -4.03. The molecule has 2 atom stereocenters. The number of benzene rings is 1. The Hall–Kier alpha value is -1.18. The summed E-state index contributed by atoms with van der Waals surface area (Å²) in [6.45, 7) is 1.56. The molecule has 0 bridgehead atoms. The highest BCUT2D eigenvalue weighted by molar-refractivity contribution is 7.89. The first kappa shape index (κ1) is 16.2. The van der Waals surface area contributed by atoms with Crippen molar-refractivity contribution in [2.24, 2.45) is 5.92 Å². The van der Waals surface area contributed by atoms with E-state index in [1.54, 1.807) is 6.92 Å². The first-order valence-electron chi connectivity index (χ1n) is 6.43. The molecule has 0 spiro atoms. The summed E-state index contributed by atoms with van der Waals surface area (Å²) in [5, 5.41) is 8.99. The van der Waals surface area contributed by atoms with Gasteiger partial charge in [-0.2, -0.15) is 4.31 Å². The maximum atomic E-state index is 13.3. The number of carboxylic acids is 1. The Kier molecular flexibility index (Phi) is 4.55. The standard InChI is InChI=1S/C13H15ClFNO4S/c1-8-2-3-9(13(17)18)7-16(8)21(19,20)12-6-10(15)4-5-11(12)14/h4-6,8-9H,2-3,7H2,1H3,(H,17,18). The third kappa shape index (κ3) is 3.20.